The van der Waals surface area contributed by atoms with Crippen molar-refractivity contribution in [1.29, 1.82) is 0 Å². The van der Waals surface area contributed by atoms with E-state index in [1.807, 2.05) is 19.1 Å². The number of aromatic nitrogens is 1. The summed E-state index contributed by atoms with van der Waals surface area (Å²) in [6.07, 6.45) is 0. The molecule has 1 aromatic heterocycles. The van der Waals surface area contributed by atoms with Crippen LogP contribution in [0.15, 0.2) is 30.3 Å². The Hall–Kier alpha value is -1.65. The van der Waals surface area contributed by atoms with E-state index in [2.05, 4.69) is 4.98 Å². The third kappa shape index (κ3) is 3.43. The van der Waals surface area contributed by atoms with Gasteiger partial charge in [-0.2, -0.15) is 4.98 Å². The molecule has 0 atom stereocenters. The number of pyridine rings is 1. The number of rotatable bonds is 4. The van der Waals surface area contributed by atoms with Crippen molar-refractivity contribution >= 4 is 29.0 Å². The zero-order valence-corrected chi connectivity index (χ0v) is 11.7. The van der Waals surface area contributed by atoms with E-state index in [-0.39, 0.29) is 11.7 Å². The van der Waals surface area contributed by atoms with E-state index >= 15 is 0 Å². The lowest BCUT2D eigenvalue weighted by Crippen LogP contribution is -1.96. The van der Waals surface area contributed by atoms with Crippen LogP contribution in [0, 0.1) is 0 Å². The van der Waals surface area contributed by atoms with E-state index in [1.165, 1.54) is 6.07 Å². The molecule has 2 aromatic rings. The zero-order valence-electron chi connectivity index (χ0n) is 10.2. The number of anilines is 1. The Morgan fingerprint density at radius 1 is 1.16 bits per heavy atom. The molecule has 0 spiro atoms. The largest absolute Gasteiger partial charge is 0.494 e. The predicted molar refractivity (Wildman–Crippen MR) is 76.4 cm³/mol. The van der Waals surface area contributed by atoms with Gasteiger partial charge in [0.25, 0.3) is 0 Å². The number of hydrogen-bond donors (Lipinski definition) is 1. The minimum Gasteiger partial charge on any atom is -0.494 e. The smallest absolute Gasteiger partial charge is 0.240 e. The molecule has 0 bridgehead atoms. The van der Waals surface area contributed by atoms with Gasteiger partial charge in [0, 0.05) is 6.07 Å². The van der Waals surface area contributed by atoms with Crippen LogP contribution in [0.5, 0.6) is 17.4 Å². The van der Waals surface area contributed by atoms with Crippen LogP contribution in [0.3, 0.4) is 0 Å². The summed E-state index contributed by atoms with van der Waals surface area (Å²) in [5.74, 6) is 1.64. The first-order valence-corrected chi connectivity index (χ1v) is 6.38. The van der Waals surface area contributed by atoms with Gasteiger partial charge in [-0.1, -0.05) is 29.3 Å². The van der Waals surface area contributed by atoms with Crippen LogP contribution in [-0.4, -0.2) is 11.6 Å². The van der Waals surface area contributed by atoms with E-state index in [1.54, 1.807) is 12.1 Å². The van der Waals surface area contributed by atoms with Crippen molar-refractivity contribution in [3.8, 4) is 17.4 Å². The summed E-state index contributed by atoms with van der Waals surface area (Å²) in [5.41, 5.74) is 5.61. The summed E-state index contributed by atoms with van der Waals surface area (Å²) < 4.78 is 10.9. The van der Waals surface area contributed by atoms with Gasteiger partial charge in [-0.15, -0.1) is 0 Å². The molecular formula is C13H12Cl2N2O2. The molecule has 2 N–H and O–H groups in total. The number of nitrogens with two attached hydrogens (primary N) is 1. The van der Waals surface area contributed by atoms with Crippen molar-refractivity contribution in [2.45, 2.75) is 6.92 Å². The Kier molecular flexibility index (Phi) is 4.35. The third-order valence-electron chi connectivity index (χ3n) is 2.26. The average molecular weight is 299 g/mol. The number of ether oxygens (including phenoxy) is 2. The molecule has 0 amide bonds. The lowest BCUT2D eigenvalue weighted by Gasteiger charge is -2.09. The van der Waals surface area contributed by atoms with Crippen molar-refractivity contribution in [3.05, 3.63) is 40.4 Å². The lowest BCUT2D eigenvalue weighted by molar-refractivity contribution is 0.338. The van der Waals surface area contributed by atoms with E-state index < -0.39 is 0 Å². The zero-order chi connectivity index (χ0) is 13.8. The first-order chi connectivity index (χ1) is 9.10. The van der Waals surface area contributed by atoms with Gasteiger partial charge in [-0.25, -0.2) is 0 Å². The fourth-order valence-electron chi connectivity index (χ4n) is 1.44. The monoisotopic (exact) mass is 298 g/mol. The molecule has 0 aliphatic rings. The van der Waals surface area contributed by atoms with Crippen LogP contribution in [-0.2, 0) is 0 Å². The Morgan fingerprint density at radius 2 is 1.89 bits per heavy atom. The van der Waals surface area contributed by atoms with Crippen molar-refractivity contribution in [2.75, 3.05) is 12.3 Å². The molecule has 0 saturated heterocycles. The minimum atomic E-state index is 0.169. The lowest BCUT2D eigenvalue weighted by atomic mass is 10.3. The van der Waals surface area contributed by atoms with Crippen molar-refractivity contribution in [3.63, 3.8) is 0 Å². The molecule has 100 valence electrons. The van der Waals surface area contributed by atoms with E-state index in [9.17, 15) is 0 Å². The fourth-order valence-corrected chi connectivity index (χ4v) is 1.84. The first kappa shape index (κ1) is 13.8. The summed E-state index contributed by atoms with van der Waals surface area (Å²) in [4.78, 5) is 3.99. The van der Waals surface area contributed by atoms with Gasteiger partial charge in [0.1, 0.15) is 22.3 Å². The Bertz CT molecular complexity index is 591. The van der Waals surface area contributed by atoms with Gasteiger partial charge in [-0.3, -0.25) is 0 Å². The van der Waals surface area contributed by atoms with Gasteiger partial charge in [0.2, 0.25) is 5.88 Å². The van der Waals surface area contributed by atoms with Gasteiger partial charge in [0.15, 0.2) is 0 Å². The Morgan fingerprint density at radius 3 is 2.63 bits per heavy atom. The molecular weight excluding hydrogens is 287 g/mol. The van der Waals surface area contributed by atoms with Crippen LogP contribution in [0.4, 0.5) is 5.82 Å². The number of nitrogens with zero attached hydrogens (tertiary/aromatic N) is 1. The normalized spacial score (nSPS) is 10.3. The highest BCUT2D eigenvalue weighted by Gasteiger charge is 2.09. The molecule has 0 radical (unpaired) electrons. The highest BCUT2D eigenvalue weighted by Crippen LogP contribution is 2.33. The maximum absolute atomic E-state index is 5.99. The van der Waals surface area contributed by atoms with Crippen LogP contribution in [0.25, 0.3) is 0 Å². The minimum absolute atomic E-state index is 0.169. The molecule has 2 rings (SSSR count). The second-order valence-corrected chi connectivity index (χ2v) is 4.47. The second kappa shape index (κ2) is 5.99. The maximum atomic E-state index is 5.99. The molecule has 19 heavy (non-hydrogen) atoms. The average Bonchev–Trinajstić information content (AvgIpc) is 2.37. The van der Waals surface area contributed by atoms with Crippen molar-refractivity contribution < 1.29 is 9.47 Å². The van der Waals surface area contributed by atoms with Gasteiger partial charge < -0.3 is 15.2 Å². The van der Waals surface area contributed by atoms with E-state index in [4.69, 9.17) is 38.4 Å². The molecule has 4 nitrogen and oxygen atoms in total. The third-order valence-corrected chi connectivity index (χ3v) is 2.83. The SMILES string of the molecule is CCOc1cccc(Oc2nc(N)c(Cl)cc2Cl)c1. The quantitative estimate of drug-likeness (QED) is 0.921. The molecule has 0 aliphatic heterocycles. The molecule has 6 heteroatoms. The topological polar surface area (TPSA) is 57.4 Å². The summed E-state index contributed by atoms with van der Waals surface area (Å²) in [6, 6.07) is 8.65. The van der Waals surface area contributed by atoms with Crippen LogP contribution in [0.2, 0.25) is 10.0 Å². The number of hydrogen-bond acceptors (Lipinski definition) is 4. The Labute approximate surface area is 121 Å². The fraction of sp³-hybridized carbons (Fsp3) is 0.154. The van der Waals surface area contributed by atoms with Gasteiger partial charge >= 0.3 is 0 Å². The standard InChI is InChI=1S/C13H12Cl2N2O2/c1-2-18-8-4-3-5-9(6-8)19-13-11(15)7-10(14)12(16)17-13/h3-7H,2H2,1H3,(H2,16,17). The van der Waals surface area contributed by atoms with E-state index in [0.717, 1.165) is 0 Å². The summed E-state index contributed by atoms with van der Waals surface area (Å²) >= 11 is 11.8. The van der Waals surface area contributed by atoms with E-state index in [0.29, 0.717) is 28.2 Å². The number of nitrogen functional groups attached to an aromatic ring is 1. The van der Waals surface area contributed by atoms with Gasteiger partial charge in [-0.05, 0) is 25.1 Å². The first-order valence-electron chi connectivity index (χ1n) is 5.62. The predicted octanol–water partition coefficient (Wildman–Crippen LogP) is 4.16. The highest BCUT2D eigenvalue weighted by atomic mass is 35.5. The summed E-state index contributed by atoms with van der Waals surface area (Å²) in [6.45, 7) is 2.49. The molecule has 0 saturated carbocycles. The van der Waals surface area contributed by atoms with Crippen LogP contribution < -0.4 is 15.2 Å². The summed E-state index contributed by atoms with van der Waals surface area (Å²) in [7, 11) is 0. The highest BCUT2D eigenvalue weighted by molar-refractivity contribution is 6.36. The molecule has 0 fully saturated rings. The van der Waals surface area contributed by atoms with Gasteiger partial charge in [0.05, 0.1) is 11.6 Å². The molecule has 1 heterocycles. The van der Waals surface area contributed by atoms with Crippen molar-refractivity contribution in [1.82, 2.24) is 4.98 Å². The molecule has 0 aliphatic carbocycles. The van der Waals surface area contributed by atoms with Crippen LogP contribution in [0.1, 0.15) is 6.92 Å². The molecule has 1 aromatic carbocycles. The van der Waals surface area contributed by atoms with Crippen molar-refractivity contribution in [2.24, 2.45) is 0 Å². The second-order valence-electron chi connectivity index (χ2n) is 3.65. The van der Waals surface area contributed by atoms with Crippen LogP contribution >= 0.6 is 23.2 Å². The molecule has 0 unspecified atom stereocenters. The Balaban J connectivity index is 2.25. The number of benzene rings is 1. The number of halogens is 2. The maximum Gasteiger partial charge on any atom is 0.240 e. The summed E-state index contributed by atoms with van der Waals surface area (Å²) in [5, 5.41) is 0.585.